The van der Waals surface area contributed by atoms with E-state index in [1.807, 2.05) is 0 Å². The average Bonchev–Trinajstić information content (AvgIpc) is 2.17. The molecule has 14 heavy (non-hydrogen) atoms. The van der Waals surface area contributed by atoms with Crippen LogP contribution in [0.25, 0.3) is 0 Å². The van der Waals surface area contributed by atoms with E-state index in [2.05, 4.69) is 19.2 Å². The first-order valence-electron chi connectivity index (χ1n) is 5.62. The molecule has 0 saturated carbocycles. The van der Waals surface area contributed by atoms with E-state index in [1.165, 1.54) is 6.42 Å². The summed E-state index contributed by atoms with van der Waals surface area (Å²) in [7, 11) is 1.72. The Morgan fingerprint density at radius 3 is 2.64 bits per heavy atom. The van der Waals surface area contributed by atoms with E-state index in [0.29, 0.717) is 6.10 Å². The Kier molecular flexibility index (Phi) is 10.9. The maximum absolute atomic E-state index is 5.62. The fraction of sp³-hybridized carbons (Fsp3) is 1.00. The fourth-order valence-corrected chi connectivity index (χ4v) is 1.27. The van der Waals surface area contributed by atoms with Crippen molar-refractivity contribution in [3.63, 3.8) is 0 Å². The van der Waals surface area contributed by atoms with Gasteiger partial charge in [-0.1, -0.05) is 13.3 Å². The number of rotatable bonds is 10. The minimum absolute atomic E-state index is 0.416. The molecule has 0 aliphatic carbocycles. The van der Waals surface area contributed by atoms with E-state index >= 15 is 0 Å². The Bertz CT molecular complexity index is 109. The summed E-state index contributed by atoms with van der Waals surface area (Å²) in [5, 5.41) is 3.29. The van der Waals surface area contributed by atoms with Crippen LogP contribution < -0.4 is 5.32 Å². The molecule has 1 N–H and O–H groups in total. The Labute approximate surface area is 88.2 Å². The van der Waals surface area contributed by atoms with Gasteiger partial charge in [-0.05, 0) is 26.3 Å². The molecule has 0 bridgehead atoms. The Hall–Kier alpha value is -0.120. The van der Waals surface area contributed by atoms with Gasteiger partial charge in [0.2, 0.25) is 0 Å². The van der Waals surface area contributed by atoms with Gasteiger partial charge in [0.25, 0.3) is 0 Å². The maximum atomic E-state index is 5.62. The van der Waals surface area contributed by atoms with Crippen LogP contribution in [0.15, 0.2) is 0 Å². The van der Waals surface area contributed by atoms with Gasteiger partial charge in [0.05, 0.1) is 12.7 Å². The number of hydrogen-bond donors (Lipinski definition) is 1. The molecule has 0 rings (SSSR count). The van der Waals surface area contributed by atoms with E-state index in [-0.39, 0.29) is 0 Å². The topological polar surface area (TPSA) is 30.5 Å². The molecule has 0 heterocycles. The van der Waals surface area contributed by atoms with Crippen molar-refractivity contribution in [3.8, 4) is 0 Å². The van der Waals surface area contributed by atoms with E-state index < -0.39 is 0 Å². The summed E-state index contributed by atoms with van der Waals surface area (Å²) in [5.41, 5.74) is 0. The molecule has 0 fully saturated rings. The van der Waals surface area contributed by atoms with Crippen molar-refractivity contribution >= 4 is 0 Å². The molecule has 0 saturated heterocycles. The second-order valence-electron chi connectivity index (χ2n) is 3.57. The summed E-state index contributed by atoms with van der Waals surface area (Å²) >= 11 is 0. The summed E-state index contributed by atoms with van der Waals surface area (Å²) in [5.74, 6) is 0. The second-order valence-corrected chi connectivity index (χ2v) is 3.57. The fourth-order valence-electron chi connectivity index (χ4n) is 1.27. The molecule has 0 aromatic rings. The first kappa shape index (κ1) is 13.9. The van der Waals surface area contributed by atoms with Crippen LogP contribution in [0.5, 0.6) is 0 Å². The summed E-state index contributed by atoms with van der Waals surface area (Å²) in [6.07, 6.45) is 3.86. The van der Waals surface area contributed by atoms with Crippen LogP contribution in [0.2, 0.25) is 0 Å². The Balaban J connectivity index is 2.98. The zero-order valence-corrected chi connectivity index (χ0v) is 9.84. The molecule has 86 valence electrons. The quantitative estimate of drug-likeness (QED) is 0.549. The second kappa shape index (κ2) is 11.0. The van der Waals surface area contributed by atoms with Crippen LogP contribution in [-0.4, -0.2) is 39.5 Å². The van der Waals surface area contributed by atoms with Crippen molar-refractivity contribution in [2.24, 2.45) is 0 Å². The molecule has 0 spiro atoms. The van der Waals surface area contributed by atoms with Gasteiger partial charge in [-0.2, -0.15) is 0 Å². The van der Waals surface area contributed by atoms with Crippen LogP contribution in [0.3, 0.4) is 0 Å². The molecule has 0 aromatic heterocycles. The predicted octanol–water partition coefficient (Wildman–Crippen LogP) is 1.82. The molecule has 0 aliphatic heterocycles. The SMILES string of the molecule is CCCC(C)OCCCNCCOC. The van der Waals surface area contributed by atoms with Crippen LogP contribution in [0.1, 0.15) is 33.1 Å². The molecule has 1 unspecified atom stereocenters. The van der Waals surface area contributed by atoms with Crippen molar-refractivity contribution < 1.29 is 9.47 Å². The van der Waals surface area contributed by atoms with Gasteiger partial charge in [0, 0.05) is 20.3 Å². The predicted molar refractivity (Wildman–Crippen MR) is 59.7 cm³/mol. The van der Waals surface area contributed by atoms with E-state index in [0.717, 1.165) is 39.1 Å². The molecule has 3 nitrogen and oxygen atoms in total. The van der Waals surface area contributed by atoms with Gasteiger partial charge >= 0.3 is 0 Å². The third-order valence-corrected chi connectivity index (χ3v) is 2.08. The zero-order valence-electron chi connectivity index (χ0n) is 9.84. The average molecular weight is 203 g/mol. The van der Waals surface area contributed by atoms with Crippen molar-refractivity contribution in [1.29, 1.82) is 0 Å². The number of ether oxygens (including phenoxy) is 2. The van der Waals surface area contributed by atoms with Gasteiger partial charge in [-0.3, -0.25) is 0 Å². The summed E-state index contributed by atoms with van der Waals surface area (Å²) in [4.78, 5) is 0. The van der Waals surface area contributed by atoms with Crippen molar-refractivity contribution in [2.75, 3.05) is 33.4 Å². The molecule has 0 amide bonds. The minimum atomic E-state index is 0.416. The molecule has 3 heteroatoms. The van der Waals surface area contributed by atoms with Crippen molar-refractivity contribution in [3.05, 3.63) is 0 Å². The zero-order chi connectivity index (χ0) is 10.6. The number of methoxy groups -OCH3 is 1. The van der Waals surface area contributed by atoms with Gasteiger partial charge in [0.15, 0.2) is 0 Å². The van der Waals surface area contributed by atoms with Gasteiger partial charge in [-0.25, -0.2) is 0 Å². The monoisotopic (exact) mass is 203 g/mol. The highest BCUT2D eigenvalue weighted by atomic mass is 16.5. The molecular weight excluding hydrogens is 178 g/mol. The molecule has 0 aromatic carbocycles. The lowest BCUT2D eigenvalue weighted by molar-refractivity contribution is 0.0581. The Morgan fingerprint density at radius 2 is 2.00 bits per heavy atom. The summed E-state index contributed by atoms with van der Waals surface area (Å²) < 4.78 is 10.5. The lowest BCUT2D eigenvalue weighted by Gasteiger charge is -2.11. The molecule has 1 atom stereocenters. The molecule has 0 radical (unpaired) electrons. The number of hydrogen-bond acceptors (Lipinski definition) is 3. The van der Waals surface area contributed by atoms with Gasteiger partial charge < -0.3 is 14.8 Å². The van der Waals surface area contributed by atoms with Gasteiger partial charge in [0.1, 0.15) is 0 Å². The Morgan fingerprint density at radius 1 is 1.21 bits per heavy atom. The van der Waals surface area contributed by atoms with E-state index in [1.54, 1.807) is 7.11 Å². The highest BCUT2D eigenvalue weighted by Gasteiger charge is 1.98. The molecule has 0 aliphatic rings. The molecular formula is C11H25NO2. The van der Waals surface area contributed by atoms with Crippen LogP contribution >= 0.6 is 0 Å². The van der Waals surface area contributed by atoms with E-state index in [9.17, 15) is 0 Å². The summed E-state index contributed by atoms with van der Waals surface area (Å²) in [6.45, 7) is 7.92. The van der Waals surface area contributed by atoms with Crippen LogP contribution in [0, 0.1) is 0 Å². The smallest absolute Gasteiger partial charge is 0.0587 e. The standard InChI is InChI=1S/C11H25NO2/c1-4-6-11(2)14-9-5-7-12-8-10-13-3/h11-12H,4-10H2,1-3H3. The lowest BCUT2D eigenvalue weighted by Crippen LogP contribution is -2.22. The number of nitrogens with one attached hydrogen (secondary N) is 1. The normalized spacial score (nSPS) is 13.1. The maximum Gasteiger partial charge on any atom is 0.0587 e. The lowest BCUT2D eigenvalue weighted by atomic mass is 10.2. The summed E-state index contributed by atoms with van der Waals surface area (Å²) in [6, 6.07) is 0. The highest BCUT2D eigenvalue weighted by Crippen LogP contribution is 2.00. The van der Waals surface area contributed by atoms with Crippen molar-refractivity contribution in [1.82, 2.24) is 5.32 Å². The minimum Gasteiger partial charge on any atom is -0.383 e. The first-order chi connectivity index (χ1) is 6.81. The van der Waals surface area contributed by atoms with Crippen molar-refractivity contribution in [2.45, 2.75) is 39.2 Å². The van der Waals surface area contributed by atoms with Gasteiger partial charge in [-0.15, -0.1) is 0 Å². The first-order valence-corrected chi connectivity index (χ1v) is 5.62. The third kappa shape index (κ3) is 9.96. The third-order valence-electron chi connectivity index (χ3n) is 2.08. The largest absolute Gasteiger partial charge is 0.383 e. The highest BCUT2D eigenvalue weighted by molar-refractivity contribution is 4.50. The van der Waals surface area contributed by atoms with E-state index in [4.69, 9.17) is 9.47 Å². The van der Waals surface area contributed by atoms with Crippen LogP contribution in [-0.2, 0) is 9.47 Å². The van der Waals surface area contributed by atoms with Crippen LogP contribution in [0.4, 0.5) is 0 Å².